The van der Waals surface area contributed by atoms with Crippen LogP contribution in [-0.2, 0) is 0 Å². The molecule has 1 heterocycles. The second kappa shape index (κ2) is 4.74. The molecule has 0 saturated carbocycles. The summed E-state index contributed by atoms with van der Waals surface area (Å²) in [4.78, 5) is 0. The first-order valence-corrected chi connectivity index (χ1v) is 5.82. The summed E-state index contributed by atoms with van der Waals surface area (Å²) in [5, 5.41) is 3.36. The molecule has 2 rings (SSSR count). The van der Waals surface area contributed by atoms with Gasteiger partial charge in [-0.05, 0) is 25.1 Å². The first-order chi connectivity index (χ1) is 7.79. The minimum Gasteiger partial charge on any atom is -0.493 e. The summed E-state index contributed by atoms with van der Waals surface area (Å²) in [5.74, 6) is 1.65. The van der Waals surface area contributed by atoms with Crippen molar-refractivity contribution in [3.63, 3.8) is 0 Å². The summed E-state index contributed by atoms with van der Waals surface area (Å²) in [5.41, 5.74) is -0.0609. The van der Waals surface area contributed by atoms with Crippen molar-refractivity contribution in [1.29, 1.82) is 0 Å². The maximum atomic E-state index is 6.15. The van der Waals surface area contributed by atoms with E-state index in [0.717, 1.165) is 37.4 Å². The van der Waals surface area contributed by atoms with E-state index in [1.807, 2.05) is 24.3 Å². The Bertz CT molecular complexity index is 346. The van der Waals surface area contributed by atoms with Crippen molar-refractivity contribution >= 4 is 0 Å². The molecule has 0 aliphatic carbocycles. The van der Waals surface area contributed by atoms with E-state index in [-0.39, 0.29) is 5.60 Å². The van der Waals surface area contributed by atoms with Crippen molar-refractivity contribution in [1.82, 2.24) is 5.32 Å². The lowest BCUT2D eigenvalue weighted by Crippen LogP contribution is -2.37. The van der Waals surface area contributed by atoms with Crippen molar-refractivity contribution in [3.05, 3.63) is 24.3 Å². The third-order valence-electron chi connectivity index (χ3n) is 3.24. The molecule has 3 nitrogen and oxygen atoms in total. The Morgan fingerprint density at radius 1 is 1.31 bits per heavy atom. The van der Waals surface area contributed by atoms with Crippen LogP contribution >= 0.6 is 0 Å². The van der Waals surface area contributed by atoms with Gasteiger partial charge >= 0.3 is 0 Å². The van der Waals surface area contributed by atoms with Crippen molar-refractivity contribution in [2.24, 2.45) is 0 Å². The van der Waals surface area contributed by atoms with E-state index >= 15 is 0 Å². The molecule has 0 spiro atoms. The molecule has 0 aromatic heterocycles. The average Bonchev–Trinajstić information content (AvgIpc) is 2.79. The third kappa shape index (κ3) is 2.14. The van der Waals surface area contributed by atoms with Crippen molar-refractivity contribution in [2.75, 3.05) is 20.2 Å². The van der Waals surface area contributed by atoms with Gasteiger partial charge in [-0.25, -0.2) is 0 Å². The predicted octanol–water partition coefficient (Wildman–Crippen LogP) is 2.22. The highest BCUT2D eigenvalue weighted by molar-refractivity contribution is 5.40. The maximum Gasteiger partial charge on any atom is 0.162 e. The molecular weight excluding hydrogens is 202 g/mol. The topological polar surface area (TPSA) is 30.5 Å². The van der Waals surface area contributed by atoms with Crippen LogP contribution in [0.2, 0.25) is 0 Å². The third-order valence-corrected chi connectivity index (χ3v) is 3.24. The SMILES string of the molecule is CCC1(Oc2ccccc2OC)CCNC1. The molecule has 3 heteroatoms. The molecule has 1 aromatic rings. The van der Waals surface area contributed by atoms with Crippen LogP contribution in [0.3, 0.4) is 0 Å². The summed E-state index contributed by atoms with van der Waals surface area (Å²) in [7, 11) is 1.67. The molecular formula is C13H19NO2. The number of ether oxygens (including phenoxy) is 2. The van der Waals surface area contributed by atoms with Gasteiger partial charge in [0.25, 0.3) is 0 Å². The van der Waals surface area contributed by atoms with Crippen LogP contribution in [0.15, 0.2) is 24.3 Å². The first kappa shape index (κ1) is 11.3. The fourth-order valence-electron chi connectivity index (χ4n) is 2.12. The minimum atomic E-state index is -0.0609. The average molecular weight is 221 g/mol. The van der Waals surface area contributed by atoms with Gasteiger partial charge in [0.05, 0.1) is 7.11 Å². The van der Waals surface area contributed by atoms with Crippen LogP contribution in [0.25, 0.3) is 0 Å². The van der Waals surface area contributed by atoms with Gasteiger partial charge in [0.1, 0.15) is 5.60 Å². The number of nitrogens with one attached hydrogen (secondary N) is 1. The Morgan fingerprint density at radius 3 is 2.62 bits per heavy atom. The summed E-state index contributed by atoms with van der Waals surface area (Å²) in [6, 6.07) is 7.83. The monoisotopic (exact) mass is 221 g/mol. The number of para-hydroxylation sites is 2. The molecule has 0 radical (unpaired) electrons. The molecule has 0 amide bonds. The molecule has 1 aromatic carbocycles. The molecule has 1 unspecified atom stereocenters. The molecule has 1 aliphatic rings. The van der Waals surface area contributed by atoms with E-state index in [0.29, 0.717) is 0 Å². The van der Waals surface area contributed by atoms with Crippen LogP contribution in [0.5, 0.6) is 11.5 Å². The normalized spacial score (nSPS) is 24.4. The van der Waals surface area contributed by atoms with Crippen LogP contribution in [0.4, 0.5) is 0 Å². The lowest BCUT2D eigenvalue weighted by Gasteiger charge is -2.29. The minimum absolute atomic E-state index is 0.0609. The van der Waals surface area contributed by atoms with Gasteiger partial charge in [0.2, 0.25) is 0 Å². The standard InChI is InChI=1S/C13H19NO2/c1-3-13(8-9-14-10-13)16-12-7-5-4-6-11(12)15-2/h4-7,14H,3,8-10H2,1-2H3. The van der Waals surface area contributed by atoms with Gasteiger partial charge in [0, 0.05) is 13.0 Å². The zero-order valence-electron chi connectivity index (χ0n) is 9.95. The van der Waals surface area contributed by atoms with Crippen LogP contribution in [0.1, 0.15) is 19.8 Å². The highest BCUT2D eigenvalue weighted by Gasteiger charge is 2.34. The fourth-order valence-corrected chi connectivity index (χ4v) is 2.12. The van der Waals surface area contributed by atoms with Gasteiger partial charge < -0.3 is 14.8 Å². The highest BCUT2D eigenvalue weighted by Crippen LogP contribution is 2.33. The first-order valence-electron chi connectivity index (χ1n) is 5.82. The van der Waals surface area contributed by atoms with Crippen LogP contribution < -0.4 is 14.8 Å². The molecule has 1 N–H and O–H groups in total. The Hall–Kier alpha value is -1.22. The number of rotatable bonds is 4. The molecule has 1 fully saturated rings. The zero-order valence-corrected chi connectivity index (χ0v) is 9.95. The van der Waals surface area contributed by atoms with Gasteiger partial charge in [-0.2, -0.15) is 0 Å². The Kier molecular flexibility index (Phi) is 3.34. The lowest BCUT2D eigenvalue weighted by atomic mass is 9.99. The van der Waals surface area contributed by atoms with Crippen molar-refractivity contribution < 1.29 is 9.47 Å². The van der Waals surface area contributed by atoms with Crippen molar-refractivity contribution in [3.8, 4) is 11.5 Å². The van der Waals surface area contributed by atoms with E-state index in [9.17, 15) is 0 Å². The molecule has 88 valence electrons. The van der Waals surface area contributed by atoms with Gasteiger partial charge in [0.15, 0.2) is 11.5 Å². The zero-order chi connectivity index (χ0) is 11.4. The number of hydrogen-bond acceptors (Lipinski definition) is 3. The van der Waals surface area contributed by atoms with Gasteiger partial charge in [-0.15, -0.1) is 0 Å². The largest absolute Gasteiger partial charge is 0.493 e. The maximum absolute atomic E-state index is 6.15. The van der Waals surface area contributed by atoms with Gasteiger partial charge in [-0.1, -0.05) is 19.1 Å². The molecule has 1 saturated heterocycles. The van der Waals surface area contributed by atoms with E-state index in [2.05, 4.69) is 12.2 Å². The Balaban J connectivity index is 2.18. The quantitative estimate of drug-likeness (QED) is 0.845. The molecule has 16 heavy (non-hydrogen) atoms. The summed E-state index contributed by atoms with van der Waals surface area (Å²) < 4.78 is 11.4. The van der Waals surface area contributed by atoms with E-state index in [1.54, 1.807) is 7.11 Å². The van der Waals surface area contributed by atoms with Gasteiger partial charge in [-0.3, -0.25) is 0 Å². The Labute approximate surface area is 96.8 Å². The van der Waals surface area contributed by atoms with E-state index in [4.69, 9.17) is 9.47 Å². The lowest BCUT2D eigenvalue weighted by molar-refractivity contribution is 0.0820. The van der Waals surface area contributed by atoms with E-state index in [1.165, 1.54) is 0 Å². The summed E-state index contributed by atoms with van der Waals surface area (Å²) in [6.07, 6.45) is 2.07. The summed E-state index contributed by atoms with van der Waals surface area (Å²) in [6.45, 7) is 4.12. The summed E-state index contributed by atoms with van der Waals surface area (Å²) >= 11 is 0. The number of methoxy groups -OCH3 is 1. The van der Waals surface area contributed by atoms with E-state index < -0.39 is 0 Å². The number of benzene rings is 1. The Morgan fingerprint density at radius 2 is 2.06 bits per heavy atom. The molecule has 1 atom stereocenters. The van der Waals surface area contributed by atoms with Crippen LogP contribution in [-0.4, -0.2) is 25.8 Å². The van der Waals surface area contributed by atoms with Crippen LogP contribution in [0, 0.1) is 0 Å². The van der Waals surface area contributed by atoms with Crippen molar-refractivity contribution in [2.45, 2.75) is 25.4 Å². The second-order valence-electron chi connectivity index (χ2n) is 4.22. The fraction of sp³-hybridized carbons (Fsp3) is 0.538. The second-order valence-corrected chi connectivity index (χ2v) is 4.22. The highest BCUT2D eigenvalue weighted by atomic mass is 16.5. The predicted molar refractivity (Wildman–Crippen MR) is 64.1 cm³/mol. The number of hydrogen-bond donors (Lipinski definition) is 1. The smallest absolute Gasteiger partial charge is 0.162 e. The molecule has 0 bridgehead atoms. The molecule has 1 aliphatic heterocycles.